The number of carbonyl (C=O) groups is 3. The molecule has 0 radical (unpaired) electrons. The van der Waals surface area contributed by atoms with Crippen molar-refractivity contribution in [2.45, 2.75) is 18.9 Å². The Kier molecular flexibility index (Phi) is 6.57. The third-order valence-electron chi connectivity index (χ3n) is 4.95. The van der Waals surface area contributed by atoms with Gasteiger partial charge in [-0.05, 0) is 67.4 Å². The largest absolute Gasteiger partial charge is 0.423 e. The summed E-state index contributed by atoms with van der Waals surface area (Å²) in [5, 5.41) is 5.56. The highest BCUT2D eigenvalue weighted by molar-refractivity contribution is 6.04. The molecule has 32 heavy (non-hydrogen) atoms. The molecule has 4 rings (SSSR count). The maximum atomic E-state index is 12.5. The van der Waals surface area contributed by atoms with Crippen LogP contribution in [0.2, 0.25) is 0 Å². The number of nitrogens with one attached hydrogen (secondary N) is 2. The second kappa shape index (κ2) is 9.89. The first-order valence-corrected chi connectivity index (χ1v) is 10.3. The summed E-state index contributed by atoms with van der Waals surface area (Å²) in [4.78, 5) is 37.0. The smallest absolute Gasteiger partial charge is 0.343 e. The minimum absolute atomic E-state index is 0.221. The quantitative estimate of drug-likeness (QED) is 0.450. The van der Waals surface area contributed by atoms with Crippen molar-refractivity contribution in [3.05, 3.63) is 90.0 Å². The van der Waals surface area contributed by atoms with Crippen molar-refractivity contribution >= 4 is 29.2 Å². The molecule has 1 atom stereocenters. The van der Waals surface area contributed by atoms with Crippen molar-refractivity contribution < 1.29 is 23.9 Å². The average Bonchev–Trinajstić information content (AvgIpc) is 3.36. The molecule has 3 aromatic carbocycles. The first kappa shape index (κ1) is 21.3. The molecule has 2 amide bonds. The van der Waals surface area contributed by atoms with E-state index in [1.807, 2.05) is 6.07 Å². The van der Waals surface area contributed by atoms with Crippen molar-refractivity contribution in [1.82, 2.24) is 0 Å². The van der Waals surface area contributed by atoms with Gasteiger partial charge in [-0.25, -0.2) is 4.79 Å². The summed E-state index contributed by atoms with van der Waals surface area (Å²) in [7, 11) is 0. The van der Waals surface area contributed by atoms with Gasteiger partial charge >= 0.3 is 5.97 Å². The standard InChI is InChI=1S/C25H22N2O5/c28-23(17-6-2-1-3-7-17)26-19-11-13-21(14-12-19)32-25(30)18-8-4-9-20(16-18)27-24(29)22-10-5-15-31-22/h1-4,6-9,11-14,16,22H,5,10,15H2,(H,26,28)(H,27,29). The van der Waals surface area contributed by atoms with Crippen molar-refractivity contribution in [3.8, 4) is 5.75 Å². The number of hydrogen-bond acceptors (Lipinski definition) is 5. The molecule has 0 spiro atoms. The van der Waals surface area contributed by atoms with Gasteiger partial charge in [-0.1, -0.05) is 24.3 Å². The van der Waals surface area contributed by atoms with Crippen LogP contribution in [-0.2, 0) is 9.53 Å². The lowest BCUT2D eigenvalue weighted by molar-refractivity contribution is -0.124. The predicted molar refractivity (Wildman–Crippen MR) is 120 cm³/mol. The first-order valence-electron chi connectivity index (χ1n) is 10.3. The molecule has 1 saturated heterocycles. The highest BCUT2D eigenvalue weighted by Crippen LogP contribution is 2.20. The molecule has 0 aromatic heterocycles. The molecule has 0 aliphatic carbocycles. The van der Waals surface area contributed by atoms with Gasteiger partial charge < -0.3 is 20.1 Å². The summed E-state index contributed by atoms with van der Waals surface area (Å²) in [5.41, 5.74) is 1.93. The number of amides is 2. The van der Waals surface area contributed by atoms with E-state index in [-0.39, 0.29) is 11.8 Å². The number of anilines is 2. The topological polar surface area (TPSA) is 93.7 Å². The molecule has 3 aromatic rings. The van der Waals surface area contributed by atoms with Crippen LogP contribution in [0.3, 0.4) is 0 Å². The number of ether oxygens (including phenoxy) is 2. The normalized spacial score (nSPS) is 15.1. The first-order chi connectivity index (χ1) is 15.6. The fourth-order valence-electron chi connectivity index (χ4n) is 3.30. The third kappa shape index (κ3) is 5.39. The SMILES string of the molecule is O=C(Nc1ccc(OC(=O)c2cccc(NC(=O)C3CCCO3)c2)cc1)c1ccccc1. The van der Waals surface area contributed by atoms with E-state index in [4.69, 9.17) is 9.47 Å². The molecular weight excluding hydrogens is 408 g/mol. The van der Waals surface area contributed by atoms with Crippen LogP contribution in [0.4, 0.5) is 11.4 Å². The van der Waals surface area contributed by atoms with Crippen LogP contribution in [-0.4, -0.2) is 30.5 Å². The van der Waals surface area contributed by atoms with Crippen molar-refractivity contribution in [2.75, 3.05) is 17.2 Å². The highest BCUT2D eigenvalue weighted by atomic mass is 16.5. The number of carbonyl (C=O) groups excluding carboxylic acids is 3. The zero-order chi connectivity index (χ0) is 22.3. The lowest BCUT2D eigenvalue weighted by Gasteiger charge is -2.11. The summed E-state index contributed by atoms with van der Waals surface area (Å²) in [6, 6.07) is 21.9. The van der Waals surface area contributed by atoms with Gasteiger partial charge in [-0.3, -0.25) is 9.59 Å². The maximum absolute atomic E-state index is 12.5. The van der Waals surface area contributed by atoms with Gasteiger partial charge in [-0.2, -0.15) is 0 Å². The molecule has 1 heterocycles. The minimum atomic E-state index is -0.556. The average molecular weight is 430 g/mol. The number of rotatable bonds is 6. The number of esters is 1. The fourth-order valence-corrected chi connectivity index (χ4v) is 3.30. The van der Waals surface area contributed by atoms with Crippen LogP contribution < -0.4 is 15.4 Å². The molecule has 1 aliphatic rings. The Hall–Kier alpha value is -3.97. The van der Waals surface area contributed by atoms with E-state index in [9.17, 15) is 14.4 Å². The highest BCUT2D eigenvalue weighted by Gasteiger charge is 2.23. The lowest BCUT2D eigenvalue weighted by Crippen LogP contribution is -2.26. The number of hydrogen-bond donors (Lipinski definition) is 2. The molecule has 1 unspecified atom stereocenters. The summed E-state index contributed by atoms with van der Waals surface area (Å²) in [5.74, 6) is -0.667. The summed E-state index contributed by atoms with van der Waals surface area (Å²) in [6.45, 7) is 0.583. The molecule has 0 bridgehead atoms. The Morgan fingerprint density at radius 3 is 2.28 bits per heavy atom. The van der Waals surface area contributed by atoms with Crippen LogP contribution in [0.15, 0.2) is 78.9 Å². The van der Waals surface area contributed by atoms with E-state index in [2.05, 4.69) is 10.6 Å². The van der Waals surface area contributed by atoms with Crippen LogP contribution in [0.5, 0.6) is 5.75 Å². The van der Waals surface area contributed by atoms with Gasteiger partial charge in [0.05, 0.1) is 5.56 Å². The zero-order valence-corrected chi connectivity index (χ0v) is 17.2. The molecule has 7 heteroatoms. The Labute approximate surface area is 185 Å². The van der Waals surface area contributed by atoms with Gasteiger partial charge in [-0.15, -0.1) is 0 Å². The monoisotopic (exact) mass is 430 g/mol. The van der Waals surface area contributed by atoms with E-state index >= 15 is 0 Å². The Balaban J connectivity index is 1.35. The Bertz CT molecular complexity index is 1110. The van der Waals surface area contributed by atoms with Crippen LogP contribution in [0.25, 0.3) is 0 Å². The lowest BCUT2D eigenvalue weighted by atomic mass is 10.2. The minimum Gasteiger partial charge on any atom is -0.423 e. The van der Waals surface area contributed by atoms with Crippen LogP contribution in [0.1, 0.15) is 33.6 Å². The molecule has 7 nitrogen and oxygen atoms in total. The van der Waals surface area contributed by atoms with Gasteiger partial charge in [0.1, 0.15) is 11.9 Å². The summed E-state index contributed by atoms with van der Waals surface area (Å²) >= 11 is 0. The maximum Gasteiger partial charge on any atom is 0.343 e. The van der Waals surface area contributed by atoms with Crippen molar-refractivity contribution in [3.63, 3.8) is 0 Å². The Morgan fingerprint density at radius 1 is 0.812 bits per heavy atom. The summed E-state index contributed by atoms with van der Waals surface area (Å²) < 4.78 is 10.8. The van der Waals surface area contributed by atoms with E-state index < -0.39 is 12.1 Å². The molecular formula is C25H22N2O5. The van der Waals surface area contributed by atoms with E-state index in [1.54, 1.807) is 72.8 Å². The van der Waals surface area contributed by atoms with Gasteiger partial charge in [0.2, 0.25) is 0 Å². The van der Waals surface area contributed by atoms with Crippen molar-refractivity contribution in [1.29, 1.82) is 0 Å². The molecule has 0 saturated carbocycles. The second-order valence-electron chi connectivity index (χ2n) is 7.31. The van der Waals surface area contributed by atoms with Gasteiger partial charge in [0.15, 0.2) is 0 Å². The van der Waals surface area contributed by atoms with Gasteiger partial charge in [0.25, 0.3) is 11.8 Å². The van der Waals surface area contributed by atoms with Gasteiger partial charge in [0, 0.05) is 23.5 Å². The molecule has 1 fully saturated rings. The molecule has 2 N–H and O–H groups in total. The van der Waals surface area contributed by atoms with E-state index in [1.165, 1.54) is 0 Å². The predicted octanol–water partition coefficient (Wildman–Crippen LogP) is 4.28. The zero-order valence-electron chi connectivity index (χ0n) is 17.2. The van der Waals surface area contributed by atoms with Crippen molar-refractivity contribution in [2.24, 2.45) is 0 Å². The van der Waals surface area contributed by atoms with E-state index in [0.717, 1.165) is 6.42 Å². The summed E-state index contributed by atoms with van der Waals surface area (Å²) in [6.07, 6.45) is 1.10. The third-order valence-corrected chi connectivity index (χ3v) is 4.95. The fraction of sp³-hybridized carbons (Fsp3) is 0.160. The van der Waals surface area contributed by atoms with E-state index in [0.29, 0.717) is 41.3 Å². The molecule has 162 valence electrons. The number of benzene rings is 3. The molecule has 1 aliphatic heterocycles. The second-order valence-corrected chi connectivity index (χ2v) is 7.31. The Morgan fingerprint density at radius 2 is 1.56 bits per heavy atom. The van der Waals surface area contributed by atoms with Crippen LogP contribution >= 0.6 is 0 Å². The van der Waals surface area contributed by atoms with Crippen LogP contribution in [0, 0.1) is 0 Å².